The molecule has 7 nitrogen and oxygen atoms in total. The third-order valence-corrected chi connectivity index (χ3v) is 6.99. The summed E-state index contributed by atoms with van der Waals surface area (Å²) in [6.07, 6.45) is 4.11. The van der Waals surface area contributed by atoms with Crippen molar-refractivity contribution in [1.29, 1.82) is 0 Å². The van der Waals surface area contributed by atoms with Crippen LogP contribution in [0, 0.1) is 0 Å². The Labute approximate surface area is 191 Å². The van der Waals surface area contributed by atoms with Gasteiger partial charge in [-0.3, -0.25) is 4.90 Å². The highest BCUT2D eigenvalue weighted by Gasteiger charge is 2.24. The second kappa shape index (κ2) is 8.80. The third kappa shape index (κ3) is 4.71. The van der Waals surface area contributed by atoms with Gasteiger partial charge in [0.2, 0.25) is 0 Å². The van der Waals surface area contributed by atoms with Gasteiger partial charge in [-0.05, 0) is 54.4 Å². The van der Waals surface area contributed by atoms with E-state index >= 15 is 0 Å². The predicted octanol–water partition coefficient (Wildman–Crippen LogP) is 3.48. The lowest BCUT2D eigenvalue weighted by atomic mass is 9.99. The van der Waals surface area contributed by atoms with Crippen molar-refractivity contribution in [3.8, 4) is 5.75 Å². The maximum atomic E-state index is 11.2. The molecule has 1 aromatic heterocycles. The van der Waals surface area contributed by atoms with Gasteiger partial charge in [-0.15, -0.1) is 11.3 Å². The van der Waals surface area contributed by atoms with Crippen molar-refractivity contribution in [1.82, 2.24) is 9.88 Å². The molecule has 3 heterocycles. The standard InChI is InChI=1S/C24H27N5O2S/c1-28-14-21(15-28)31-20-6-2-16(3-7-20)10-22-12-26-24(32-22)29-9-8-17-4-5-19(27-23(25)30)11-18(17)13-29/h2-7,11-12,21H,8-10,13-15H2,1H3,(H3,25,27,30). The molecule has 3 N–H and O–H groups in total. The molecule has 0 unspecified atom stereocenters. The molecule has 166 valence electrons. The Morgan fingerprint density at radius 1 is 1.22 bits per heavy atom. The maximum Gasteiger partial charge on any atom is 0.316 e. The minimum atomic E-state index is -0.544. The van der Waals surface area contributed by atoms with E-state index in [1.165, 1.54) is 21.6 Å². The summed E-state index contributed by atoms with van der Waals surface area (Å²) in [6, 6.07) is 13.8. The number of likely N-dealkylation sites (N-methyl/N-ethyl adjacent to an activating group) is 1. The van der Waals surface area contributed by atoms with Crippen molar-refractivity contribution in [2.75, 3.05) is 36.9 Å². The first-order chi connectivity index (χ1) is 15.5. The SMILES string of the molecule is CN1CC(Oc2ccc(Cc3cnc(N4CCc5ccc(NC(N)=O)cc5C4)s3)cc2)C1. The summed E-state index contributed by atoms with van der Waals surface area (Å²) in [7, 11) is 2.10. The van der Waals surface area contributed by atoms with Crippen LogP contribution in [0.5, 0.6) is 5.75 Å². The van der Waals surface area contributed by atoms with Crippen LogP contribution < -0.4 is 20.7 Å². The summed E-state index contributed by atoms with van der Waals surface area (Å²) < 4.78 is 5.98. The number of rotatable bonds is 6. The van der Waals surface area contributed by atoms with Crippen LogP contribution in [0.1, 0.15) is 21.6 Å². The maximum absolute atomic E-state index is 11.2. The summed E-state index contributed by atoms with van der Waals surface area (Å²) >= 11 is 1.74. The fourth-order valence-electron chi connectivity index (χ4n) is 4.26. The van der Waals surface area contributed by atoms with Gasteiger partial charge in [0.1, 0.15) is 11.9 Å². The highest BCUT2D eigenvalue weighted by atomic mass is 32.1. The van der Waals surface area contributed by atoms with Crippen molar-refractivity contribution < 1.29 is 9.53 Å². The van der Waals surface area contributed by atoms with Gasteiger partial charge in [0.05, 0.1) is 0 Å². The van der Waals surface area contributed by atoms with E-state index in [0.29, 0.717) is 6.10 Å². The number of benzene rings is 2. The molecule has 0 radical (unpaired) electrons. The number of amides is 2. The van der Waals surface area contributed by atoms with Gasteiger partial charge in [-0.2, -0.15) is 0 Å². The number of carbonyl (C=O) groups is 1. The number of likely N-dealkylation sites (tertiary alicyclic amines) is 1. The highest BCUT2D eigenvalue weighted by Crippen LogP contribution is 2.30. The molecule has 0 bridgehead atoms. The normalized spacial score (nSPS) is 16.3. The Kier molecular flexibility index (Phi) is 5.71. The highest BCUT2D eigenvalue weighted by molar-refractivity contribution is 7.15. The Balaban J connectivity index is 1.21. The zero-order valence-corrected chi connectivity index (χ0v) is 18.9. The van der Waals surface area contributed by atoms with E-state index in [4.69, 9.17) is 10.5 Å². The van der Waals surface area contributed by atoms with Gasteiger partial charge >= 0.3 is 6.03 Å². The van der Waals surface area contributed by atoms with Crippen LogP contribution in [0.25, 0.3) is 0 Å². The van der Waals surface area contributed by atoms with Crippen molar-refractivity contribution in [3.63, 3.8) is 0 Å². The molecule has 32 heavy (non-hydrogen) atoms. The zero-order chi connectivity index (χ0) is 22.1. The molecule has 0 aliphatic carbocycles. The van der Waals surface area contributed by atoms with Crippen LogP contribution >= 0.6 is 11.3 Å². The molecule has 2 aliphatic rings. The van der Waals surface area contributed by atoms with E-state index in [-0.39, 0.29) is 0 Å². The summed E-state index contributed by atoms with van der Waals surface area (Å²) in [6.45, 7) is 3.70. The number of nitrogens with zero attached hydrogens (tertiary/aromatic N) is 3. The Bertz CT molecular complexity index is 1110. The first-order valence-corrected chi connectivity index (χ1v) is 11.7. The average molecular weight is 450 g/mol. The lowest BCUT2D eigenvalue weighted by Crippen LogP contribution is -2.51. The number of nitrogens with one attached hydrogen (secondary N) is 1. The lowest BCUT2D eigenvalue weighted by molar-refractivity contribution is 0.0388. The van der Waals surface area contributed by atoms with Crippen LogP contribution in [0.15, 0.2) is 48.7 Å². The number of nitrogens with two attached hydrogens (primary N) is 1. The van der Waals surface area contributed by atoms with E-state index in [9.17, 15) is 4.79 Å². The number of fused-ring (bicyclic) bond motifs is 1. The summed E-state index contributed by atoms with van der Waals surface area (Å²) in [4.78, 5) is 21.6. The first kappa shape index (κ1) is 20.8. The van der Waals surface area contributed by atoms with Crippen molar-refractivity contribution in [2.45, 2.75) is 25.5 Å². The molecule has 5 rings (SSSR count). The number of hydrogen-bond donors (Lipinski definition) is 2. The molecular formula is C24H27N5O2S. The number of urea groups is 1. The number of ether oxygens (including phenoxy) is 1. The molecule has 1 saturated heterocycles. The second-order valence-electron chi connectivity index (χ2n) is 8.54. The summed E-state index contributed by atoms with van der Waals surface area (Å²) in [5.41, 5.74) is 9.75. The molecule has 0 atom stereocenters. The molecule has 3 aromatic rings. The zero-order valence-electron chi connectivity index (χ0n) is 18.1. The quantitative estimate of drug-likeness (QED) is 0.602. The van der Waals surface area contributed by atoms with Crippen molar-refractivity contribution in [3.05, 3.63) is 70.2 Å². The number of hydrogen-bond acceptors (Lipinski definition) is 6. The fraction of sp³-hybridized carbons (Fsp3) is 0.333. The topological polar surface area (TPSA) is 83.7 Å². The van der Waals surface area contributed by atoms with Crippen LogP contribution in [-0.4, -0.2) is 48.7 Å². The minimum absolute atomic E-state index is 0.312. The molecular weight excluding hydrogens is 422 g/mol. The van der Waals surface area contributed by atoms with E-state index in [2.05, 4.69) is 57.5 Å². The van der Waals surface area contributed by atoms with Gasteiger partial charge in [0.25, 0.3) is 0 Å². The van der Waals surface area contributed by atoms with Crippen LogP contribution in [0.4, 0.5) is 15.6 Å². The monoisotopic (exact) mass is 449 g/mol. The summed E-state index contributed by atoms with van der Waals surface area (Å²) in [5, 5.41) is 3.70. The minimum Gasteiger partial charge on any atom is -0.488 e. The van der Waals surface area contributed by atoms with Crippen LogP contribution in [0.2, 0.25) is 0 Å². The van der Waals surface area contributed by atoms with Gasteiger partial charge in [0, 0.05) is 49.4 Å². The molecule has 8 heteroatoms. The molecule has 2 aliphatic heterocycles. The molecule has 0 spiro atoms. The van der Waals surface area contributed by atoms with E-state index in [1.807, 2.05) is 18.3 Å². The van der Waals surface area contributed by atoms with Crippen molar-refractivity contribution >= 4 is 28.2 Å². The molecule has 0 saturated carbocycles. The molecule has 2 aromatic carbocycles. The van der Waals surface area contributed by atoms with E-state index in [0.717, 1.165) is 55.6 Å². The second-order valence-corrected chi connectivity index (χ2v) is 9.63. The number of carbonyl (C=O) groups excluding carboxylic acids is 1. The summed E-state index contributed by atoms with van der Waals surface area (Å²) in [5.74, 6) is 0.939. The molecule has 2 amide bonds. The lowest BCUT2D eigenvalue weighted by Gasteiger charge is -2.36. The fourth-order valence-corrected chi connectivity index (χ4v) is 5.23. The Morgan fingerprint density at radius 3 is 2.78 bits per heavy atom. The van der Waals surface area contributed by atoms with Gasteiger partial charge < -0.3 is 20.7 Å². The van der Waals surface area contributed by atoms with Crippen molar-refractivity contribution in [2.24, 2.45) is 5.73 Å². The largest absolute Gasteiger partial charge is 0.488 e. The smallest absolute Gasteiger partial charge is 0.316 e. The van der Waals surface area contributed by atoms with Gasteiger partial charge in [0.15, 0.2) is 5.13 Å². The predicted molar refractivity (Wildman–Crippen MR) is 128 cm³/mol. The van der Waals surface area contributed by atoms with E-state index < -0.39 is 6.03 Å². The number of thiazole rings is 1. The van der Waals surface area contributed by atoms with Crippen LogP contribution in [-0.2, 0) is 19.4 Å². The Morgan fingerprint density at radius 2 is 2.03 bits per heavy atom. The third-order valence-electron chi connectivity index (χ3n) is 5.93. The number of primary amides is 1. The van der Waals surface area contributed by atoms with Gasteiger partial charge in [-0.25, -0.2) is 9.78 Å². The first-order valence-electron chi connectivity index (χ1n) is 10.8. The molecule has 1 fully saturated rings. The average Bonchev–Trinajstić information content (AvgIpc) is 3.21. The number of anilines is 2. The Hall–Kier alpha value is -3.10. The van der Waals surface area contributed by atoms with E-state index in [1.54, 1.807) is 11.3 Å². The van der Waals surface area contributed by atoms with Gasteiger partial charge in [-0.1, -0.05) is 18.2 Å². The van der Waals surface area contributed by atoms with Crippen LogP contribution in [0.3, 0.4) is 0 Å². The number of aromatic nitrogens is 1.